The van der Waals surface area contributed by atoms with Gasteiger partial charge >= 0.3 is 0 Å². The molecule has 276 valence electrons. The zero-order chi connectivity index (χ0) is 36.0. The van der Waals surface area contributed by atoms with Crippen molar-refractivity contribution in [1.82, 2.24) is 15.1 Å². The number of carbonyl (C=O) groups excluding carboxylic acids is 2. The third kappa shape index (κ3) is 8.61. The van der Waals surface area contributed by atoms with E-state index in [0.29, 0.717) is 24.7 Å². The Morgan fingerprint density at radius 2 is 1.40 bits per heavy atom. The second-order valence-corrected chi connectivity index (χ2v) is 15.6. The van der Waals surface area contributed by atoms with E-state index >= 15 is 0 Å². The van der Waals surface area contributed by atoms with E-state index in [1.54, 1.807) is 0 Å². The molecule has 3 fully saturated rings. The molecule has 8 nitrogen and oxygen atoms in total. The van der Waals surface area contributed by atoms with Crippen LogP contribution in [0.1, 0.15) is 66.2 Å². The van der Waals surface area contributed by atoms with Gasteiger partial charge in [-0.15, -0.1) is 0 Å². The van der Waals surface area contributed by atoms with Crippen LogP contribution < -0.4 is 20.9 Å². The number of nitrogens with one attached hydrogen (secondary N) is 3. The van der Waals surface area contributed by atoms with Crippen molar-refractivity contribution in [2.24, 2.45) is 5.92 Å². The van der Waals surface area contributed by atoms with Crippen molar-refractivity contribution >= 4 is 28.9 Å². The van der Waals surface area contributed by atoms with Gasteiger partial charge in [-0.3, -0.25) is 19.8 Å². The number of nitrogens with zero attached hydrogens (tertiary/aromatic N) is 3. The first-order valence-corrected chi connectivity index (χ1v) is 19.9. The van der Waals surface area contributed by atoms with Gasteiger partial charge in [0.1, 0.15) is 6.04 Å². The van der Waals surface area contributed by atoms with Crippen LogP contribution in [0.2, 0.25) is 0 Å². The topological polar surface area (TPSA) is 80.0 Å². The molecule has 53 heavy (non-hydrogen) atoms. The largest absolute Gasteiger partial charge is 0.384 e. The van der Waals surface area contributed by atoms with Crippen molar-refractivity contribution in [3.8, 4) is 0 Å². The Labute approximate surface area is 314 Å². The quantitative estimate of drug-likeness (QED) is 0.149. The fourth-order valence-electron chi connectivity index (χ4n) is 9.17. The monoisotopic (exact) mass is 710 g/mol. The van der Waals surface area contributed by atoms with Crippen molar-refractivity contribution in [2.45, 2.75) is 56.4 Å². The normalized spacial score (nSPS) is 22.9. The average Bonchev–Trinajstić information content (AvgIpc) is 3.20. The minimum absolute atomic E-state index is 0.193. The lowest BCUT2D eigenvalue weighted by molar-refractivity contribution is -0.133. The number of aryl methyl sites for hydroxylation is 1. The highest BCUT2D eigenvalue weighted by molar-refractivity contribution is 6.01. The molecule has 2 amide bonds. The molecule has 3 saturated heterocycles. The van der Waals surface area contributed by atoms with Crippen LogP contribution in [0.5, 0.6) is 0 Å². The lowest BCUT2D eigenvalue weighted by Crippen LogP contribution is -2.49. The van der Waals surface area contributed by atoms with Crippen molar-refractivity contribution in [2.75, 3.05) is 74.4 Å². The van der Waals surface area contributed by atoms with Crippen molar-refractivity contribution in [3.05, 3.63) is 125 Å². The van der Waals surface area contributed by atoms with Gasteiger partial charge in [0.2, 0.25) is 11.8 Å². The minimum atomic E-state index is -0.371. The van der Waals surface area contributed by atoms with Gasteiger partial charge in [0, 0.05) is 88.3 Å². The van der Waals surface area contributed by atoms with Gasteiger partial charge in [-0.1, -0.05) is 72.8 Å². The van der Waals surface area contributed by atoms with E-state index in [1.807, 2.05) is 18.2 Å². The Morgan fingerprint density at radius 3 is 2.19 bits per heavy atom. The Bertz CT molecular complexity index is 1830. The van der Waals surface area contributed by atoms with E-state index in [2.05, 4.69) is 116 Å². The number of piperidine rings is 2. The first-order valence-electron chi connectivity index (χ1n) is 19.9. The maximum absolute atomic E-state index is 12.1. The number of fused-ring (bicyclic) bond motifs is 1. The molecular formula is C45H54N6O2. The van der Waals surface area contributed by atoms with Gasteiger partial charge in [-0.2, -0.15) is 0 Å². The molecule has 3 N–H and O–H groups in total. The summed E-state index contributed by atoms with van der Waals surface area (Å²) < 4.78 is 0. The maximum Gasteiger partial charge on any atom is 0.249 e. The smallest absolute Gasteiger partial charge is 0.249 e. The number of anilines is 3. The van der Waals surface area contributed by atoms with E-state index in [1.165, 1.54) is 53.7 Å². The number of carbonyl (C=O) groups is 2. The Balaban J connectivity index is 0.771. The number of rotatable bonds is 11. The number of hydrogen-bond donors (Lipinski definition) is 3. The summed E-state index contributed by atoms with van der Waals surface area (Å²) in [6.07, 6.45) is 5.76. The first-order chi connectivity index (χ1) is 26.1. The highest BCUT2D eigenvalue weighted by Crippen LogP contribution is 2.46. The van der Waals surface area contributed by atoms with Gasteiger partial charge in [-0.05, 0) is 96.5 Å². The SMILES string of the molecule is O=C1CCC(Nc2cccc(NCCN3CCN(CC4CCN(c5ccc(C6c7ccccc7CCC6c6ccccc6)cc5)CC4)CC3)c2)C(=O)N1. The molecule has 3 heterocycles. The molecule has 3 unspecified atom stereocenters. The van der Waals surface area contributed by atoms with Gasteiger partial charge in [0.15, 0.2) is 0 Å². The Kier molecular flexibility index (Phi) is 11.1. The number of benzene rings is 4. The van der Waals surface area contributed by atoms with E-state index in [9.17, 15) is 9.59 Å². The lowest BCUT2D eigenvalue weighted by Gasteiger charge is -2.39. The second kappa shape index (κ2) is 16.6. The molecule has 0 spiro atoms. The summed E-state index contributed by atoms with van der Waals surface area (Å²) in [6, 6.07) is 37.5. The first kappa shape index (κ1) is 35.4. The highest BCUT2D eigenvalue weighted by Gasteiger charge is 2.32. The van der Waals surface area contributed by atoms with Crippen LogP contribution in [0.4, 0.5) is 17.1 Å². The summed E-state index contributed by atoms with van der Waals surface area (Å²) >= 11 is 0. The van der Waals surface area contributed by atoms with Crippen LogP contribution >= 0.6 is 0 Å². The van der Waals surface area contributed by atoms with E-state index in [-0.39, 0.29) is 17.9 Å². The van der Waals surface area contributed by atoms with Gasteiger partial charge in [0.25, 0.3) is 0 Å². The average molecular weight is 711 g/mol. The third-order valence-corrected chi connectivity index (χ3v) is 12.2. The standard InChI is InChI=1S/C45H54N6O2/c52-43-20-19-42(45(53)48-43)47-38-11-6-10-37(31-38)46-23-26-49-27-29-50(30-28-49)32-33-21-24-51(25-22-33)39-16-13-36(14-17-39)44-40-12-5-4-9-35(40)15-18-41(44)34-7-2-1-3-8-34/h1-14,16-17,31,33,41-42,44,46-47H,15,18-30,32H2,(H,48,52,53). The molecule has 4 aliphatic rings. The number of piperazine rings is 1. The van der Waals surface area contributed by atoms with Crippen LogP contribution in [0.25, 0.3) is 0 Å². The zero-order valence-electron chi connectivity index (χ0n) is 30.9. The Morgan fingerprint density at radius 1 is 0.660 bits per heavy atom. The fourth-order valence-corrected chi connectivity index (χ4v) is 9.17. The molecular weight excluding hydrogens is 657 g/mol. The highest BCUT2D eigenvalue weighted by atomic mass is 16.2. The number of hydrogen-bond acceptors (Lipinski definition) is 7. The summed E-state index contributed by atoms with van der Waals surface area (Å²) in [5.41, 5.74) is 9.20. The maximum atomic E-state index is 12.1. The molecule has 3 aliphatic heterocycles. The van der Waals surface area contributed by atoms with Crippen molar-refractivity contribution in [3.63, 3.8) is 0 Å². The molecule has 0 bridgehead atoms. The minimum Gasteiger partial charge on any atom is -0.384 e. The molecule has 0 aromatic heterocycles. The van der Waals surface area contributed by atoms with Crippen LogP contribution in [0.3, 0.4) is 0 Å². The van der Waals surface area contributed by atoms with Gasteiger partial charge < -0.3 is 20.4 Å². The van der Waals surface area contributed by atoms with Crippen molar-refractivity contribution < 1.29 is 9.59 Å². The molecule has 4 aromatic rings. The molecule has 8 heteroatoms. The Hall–Kier alpha value is -4.66. The van der Waals surface area contributed by atoms with Crippen LogP contribution in [0, 0.1) is 5.92 Å². The summed E-state index contributed by atoms with van der Waals surface area (Å²) in [5, 5.41) is 9.26. The van der Waals surface area contributed by atoms with Crippen molar-refractivity contribution in [1.29, 1.82) is 0 Å². The van der Waals surface area contributed by atoms with E-state index in [4.69, 9.17) is 0 Å². The number of amides is 2. The predicted molar refractivity (Wildman–Crippen MR) is 215 cm³/mol. The molecule has 3 atom stereocenters. The third-order valence-electron chi connectivity index (χ3n) is 12.2. The van der Waals surface area contributed by atoms with Crippen LogP contribution in [0.15, 0.2) is 103 Å². The molecule has 0 radical (unpaired) electrons. The van der Waals surface area contributed by atoms with Crippen LogP contribution in [-0.4, -0.2) is 86.6 Å². The summed E-state index contributed by atoms with van der Waals surface area (Å²) in [5.74, 6) is 1.23. The summed E-state index contributed by atoms with van der Waals surface area (Å²) in [6.45, 7) is 9.88. The van der Waals surface area contributed by atoms with E-state index < -0.39 is 0 Å². The molecule has 8 rings (SSSR count). The van der Waals surface area contributed by atoms with Gasteiger partial charge in [-0.25, -0.2) is 0 Å². The summed E-state index contributed by atoms with van der Waals surface area (Å²) in [4.78, 5) is 31.5. The van der Waals surface area contributed by atoms with Crippen LogP contribution in [-0.2, 0) is 16.0 Å². The molecule has 4 aromatic carbocycles. The second-order valence-electron chi connectivity index (χ2n) is 15.6. The zero-order valence-corrected chi connectivity index (χ0v) is 30.9. The van der Waals surface area contributed by atoms with E-state index in [0.717, 1.165) is 76.1 Å². The molecule has 0 saturated carbocycles. The summed E-state index contributed by atoms with van der Waals surface area (Å²) in [7, 11) is 0. The fraction of sp³-hybridized carbons (Fsp3) is 0.422. The van der Waals surface area contributed by atoms with Gasteiger partial charge in [0.05, 0.1) is 0 Å². The predicted octanol–water partition coefficient (Wildman–Crippen LogP) is 6.71. The number of imide groups is 1. The molecule has 1 aliphatic carbocycles. The lowest BCUT2D eigenvalue weighted by atomic mass is 9.69.